The summed E-state index contributed by atoms with van der Waals surface area (Å²) in [6.07, 6.45) is 0.664. The van der Waals surface area contributed by atoms with Crippen LogP contribution in [-0.4, -0.2) is 16.6 Å². The second-order valence-corrected chi connectivity index (χ2v) is 5.87. The first-order valence-electron chi connectivity index (χ1n) is 7.51. The molecule has 1 N–H and O–H groups in total. The van der Waals surface area contributed by atoms with Crippen LogP contribution in [0.15, 0.2) is 48.5 Å². The number of benzene rings is 2. The van der Waals surface area contributed by atoms with Crippen molar-refractivity contribution in [1.29, 1.82) is 0 Å². The Balaban J connectivity index is 2.17. The van der Waals surface area contributed by atoms with Crippen LogP contribution in [0, 0.1) is 0 Å². The van der Waals surface area contributed by atoms with Crippen molar-refractivity contribution in [3.8, 4) is 0 Å². The van der Waals surface area contributed by atoms with Crippen LogP contribution in [0.2, 0.25) is 5.02 Å². The van der Waals surface area contributed by atoms with E-state index in [-0.39, 0.29) is 18.0 Å². The van der Waals surface area contributed by atoms with Crippen LogP contribution in [0.5, 0.6) is 0 Å². The van der Waals surface area contributed by atoms with Crippen molar-refractivity contribution in [2.24, 2.45) is 0 Å². The average molecular weight is 326 g/mol. The van der Waals surface area contributed by atoms with Gasteiger partial charge in [-0.2, -0.15) is 0 Å². The lowest BCUT2D eigenvalue weighted by Gasteiger charge is -2.04. The van der Waals surface area contributed by atoms with Gasteiger partial charge < -0.3 is 4.98 Å². The van der Waals surface area contributed by atoms with E-state index in [4.69, 9.17) is 11.6 Å². The Morgan fingerprint density at radius 1 is 1.09 bits per heavy atom. The van der Waals surface area contributed by atoms with E-state index in [1.165, 1.54) is 0 Å². The highest BCUT2D eigenvalue weighted by Crippen LogP contribution is 2.28. The van der Waals surface area contributed by atoms with Gasteiger partial charge in [-0.3, -0.25) is 9.59 Å². The first-order chi connectivity index (χ1) is 11.1. The minimum absolute atomic E-state index is 0.0907. The molecular formula is C19H16ClNO2. The van der Waals surface area contributed by atoms with E-state index in [0.29, 0.717) is 22.7 Å². The summed E-state index contributed by atoms with van der Waals surface area (Å²) in [5, 5.41) is 1.42. The number of carbonyl (C=O) groups excluding carboxylic acids is 2. The van der Waals surface area contributed by atoms with Gasteiger partial charge in [-0.05, 0) is 23.8 Å². The van der Waals surface area contributed by atoms with Gasteiger partial charge in [0, 0.05) is 34.3 Å². The number of halogens is 1. The first kappa shape index (κ1) is 15.5. The van der Waals surface area contributed by atoms with Crippen LogP contribution in [0.25, 0.3) is 10.9 Å². The molecule has 3 nitrogen and oxygen atoms in total. The molecule has 0 saturated heterocycles. The lowest BCUT2D eigenvalue weighted by Crippen LogP contribution is -2.08. The van der Waals surface area contributed by atoms with Gasteiger partial charge in [0.15, 0.2) is 0 Å². The number of fused-ring (bicyclic) bond motifs is 1. The van der Waals surface area contributed by atoms with Crippen LogP contribution in [0.3, 0.4) is 0 Å². The lowest BCUT2D eigenvalue weighted by atomic mass is 9.99. The van der Waals surface area contributed by atoms with Gasteiger partial charge in [-0.1, -0.05) is 48.9 Å². The fourth-order valence-corrected chi connectivity index (χ4v) is 2.83. The molecule has 0 bridgehead atoms. The minimum atomic E-state index is -0.114. The molecule has 116 valence electrons. The van der Waals surface area contributed by atoms with E-state index in [9.17, 15) is 9.59 Å². The summed E-state index contributed by atoms with van der Waals surface area (Å²) in [6.45, 7) is 1.82. The summed E-state index contributed by atoms with van der Waals surface area (Å²) >= 11 is 6.08. The number of aromatic nitrogens is 1. The summed E-state index contributed by atoms with van der Waals surface area (Å²) < 4.78 is 0. The molecule has 0 saturated carbocycles. The third kappa shape index (κ3) is 3.06. The summed E-state index contributed by atoms with van der Waals surface area (Å²) in [7, 11) is 0. The zero-order chi connectivity index (χ0) is 16.4. The third-order valence-electron chi connectivity index (χ3n) is 3.90. The molecule has 0 amide bonds. The molecule has 0 aliphatic rings. The van der Waals surface area contributed by atoms with Gasteiger partial charge in [0.25, 0.3) is 0 Å². The highest BCUT2D eigenvalue weighted by molar-refractivity contribution is 6.31. The second-order valence-electron chi connectivity index (χ2n) is 5.43. The van der Waals surface area contributed by atoms with Crippen molar-refractivity contribution < 1.29 is 9.59 Å². The number of H-pyrrole nitrogens is 1. The Morgan fingerprint density at radius 2 is 1.83 bits per heavy atom. The maximum absolute atomic E-state index is 12.8. The summed E-state index contributed by atoms with van der Waals surface area (Å²) in [6, 6.07) is 14.4. The largest absolute Gasteiger partial charge is 0.352 e. The van der Waals surface area contributed by atoms with Crippen LogP contribution in [0.4, 0.5) is 0 Å². The van der Waals surface area contributed by atoms with E-state index in [2.05, 4.69) is 4.98 Å². The zero-order valence-corrected chi connectivity index (χ0v) is 13.5. The SMILES string of the molecule is CCC(=O)Cc1c(C(=O)c2ccccc2)[nH]c2ccc(Cl)cc12. The number of Topliss-reactive ketones (excluding diaryl/α,β-unsaturated/α-hetero) is 1. The second kappa shape index (κ2) is 6.39. The predicted octanol–water partition coefficient (Wildman–Crippen LogP) is 4.57. The Labute approximate surface area is 139 Å². The molecule has 0 spiro atoms. The number of rotatable bonds is 5. The summed E-state index contributed by atoms with van der Waals surface area (Å²) in [5.74, 6) is -0.0233. The number of carbonyl (C=O) groups is 2. The molecule has 0 atom stereocenters. The van der Waals surface area contributed by atoms with Crippen LogP contribution in [0.1, 0.15) is 35.0 Å². The van der Waals surface area contributed by atoms with Gasteiger partial charge >= 0.3 is 0 Å². The van der Waals surface area contributed by atoms with Crippen LogP contribution >= 0.6 is 11.6 Å². The highest BCUT2D eigenvalue weighted by Gasteiger charge is 2.20. The molecule has 1 heterocycles. The monoisotopic (exact) mass is 325 g/mol. The number of nitrogens with one attached hydrogen (secondary N) is 1. The molecule has 0 unspecified atom stereocenters. The number of aromatic amines is 1. The van der Waals surface area contributed by atoms with Crippen molar-refractivity contribution in [3.63, 3.8) is 0 Å². The van der Waals surface area contributed by atoms with Crippen molar-refractivity contribution in [1.82, 2.24) is 4.98 Å². The molecule has 3 rings (SSSR count). The minimum Gasteiger partial charge on any atom is -0.352 e. The Hall–Kier alpha value is -2.39. The maximum atomic E-state index is 12.8. The van der Waals surface area contributed by atoms with Crippen molar-refractivity contribution in [2.45, 2.75) is 19.8 Å². The summed E-state index contributed by atoms with van der Waals surface area (Å²) in [5.41, 5.74) is 2.60. The van der Waals surface area contributed by atoms with E-state index < -0.39 is 0 Å². The van der Waals surface area contributed by atoms with Gasteiger partial charge in [-0.15, -0.1) is 0 Å². The molecular weight excluding hydrogens is 310 g/mol. The molecule has 23 heavy (non-hydrogen) atoms. The Bertz CT molecular complexity index is 881. The lowest BCUT2D eigenvalue weighted by molar-refractivity contribution is -0.118. The van der Waals surface area contributed by atoms with Gasteiger partial charge in [0.2, 0.25) is 5.78 Å². The Morgan fingerprint density at radius 3 is 2.52 bits per heavy atom. The predicted molar refractivity (Wildman–Crippen MR) is 92.2 cm³/mol. The molecule has 1 aromatic heterocycles. The highest BCUT2D eigenvalue weighted by atomic mass is 35.5. The quantitative estimate of drug-likeness (QED) is 0.698. The molecule has 0 fully saturated rings. The standard InChI is InChI=1S/C19H16ClNO2/c1-2-14(22)11-16-15-10-13(20)8-9-17(15)21-18(16)19(23)12-6-4-3-5-7-12/h3-10,21H,2,11H2,1H3. The third-order valence-corrected chi connectivity index (χ3v) is 4.13. The Kier molecular flexibility index (Phi) is 4.30. The van der Waals surface area contributed by atoms with E-state index in [1.807, 2.05) is 31.2 Å². The van der Waals surface area contributed by atoms with Crippen molar-refractivity contribution in [3.05, 3.63) is 70.4 Å². The van der Waals surface area contributed by atoms with Crippen molar-refractivity contribution >= 4 is 34.1 Å². The topological polar surface area (TPSA) is 49.9 Å². The first-order valence-corrected chi connectivity index (χ1v) is 7.89. The molecule has 3 aromatic rings. The molecule has 0 radical (unpaired) electrons. The van der Waals surface area contributed by atoms with Gasteiger partial charge in [-0.25, -0.2) is 0 Å². The van der Waals surface area contributed by atoms with Gasteiger partial charge in [0.05, 0.1) is 5.69 Å². The fraction of sp³-hybridized carbons (Fsp3) is 0.158. The number of hydrogen-bond acceptors (Lipinski definition) is 2. The van der Waals surface area contributed by atoms with E-state index in [0.717, 1.165) is 16.5 Å². The smallest absolute Gasteiger partial charge is 0.209 e. The zero-order valence-electron chi connectivity index (χ0n) is 12.7. The average Bonchev–Trinajstić information content (AvgIpc) is 2.92. The van der Waals surface area contributed by atoms with Crippen molar-refractivity contribution in [2.75, 3.05) is 0 Å². The number of ketones is 2. The van der Waals surface area contributed by atoms with Crippen LogP contribution in [-0.2, 0) is 11.2 Å². The maximum Gasteiger partial charge on any atom is 0.209 e. The molecule has 2 aromatic carbocycles. The van der Waals surface area contributed by atoms with E-state index in [1.54, 1.807) is 24.3 Å². The summed E-state index contributed by atoms with van der Waals surface area (Å²) in [4.78, 5) is 27.9. The molecule has 0 aliphatic heterocycles. The van der Waals surface area contributed by atoms with Gasteiger partial charge in [0.1, 0.15) is 5.78 Å². The van der Waals surface area contributed by atoms with Crippen LogP contribution < -0.4 is 0 Å². The normalized spacial score (nSPS) is 10.9. The molecule has 4 heteroatoms. The number of hydrogen-bond donors (Lipinski definition) is 1. The van der Waals surface area contributed by atoms with E-state index >= 15 is 0 Å². The molecule has 0 aliphatic carbocycles. The fourth-order valence-electron chi connectivity index (χ4n) is 2.65.